The quantitative estimate of drug-likeness (QED) is 0.493. The van der Waals surface area contributed by atoms with E-state index < -0.39 is 25.9 Å². The Morgan fingerprint density at radius 1 is 1.18 bits per heavy atom. The highest BCUT2D eigenvalue weighted by molar-refractivity contribution is 7.46. The maximum Gasteiger partial charge on any atom is 0.469 e. The molecule has 0 spiro atoms. The Morgan fingerprint density at radius 2 is 1.82 bits per heavy atom. The van der Waals surface area contributed by atoms with E-state index in [1.807, 2.05) is 24.3 Å². The van der Waals surface area contributed by atoms with Gasteiger partial charge in [-0.2, -0.15) is 0 Å². The van der Waals surface area contributed by atoms with E-state index in [1.54, 1.807) is 24.3 Å². The van der Waals surface area contributed by atoms with Gasteiger partial charge in [0.05, 0.1) is 6.61 Å². The molecule has 1 atom stereocenters. The van der Waals surface area contributed by atoms with Gasteiger partial charge in [0.2, 0.25) is 5.91 Å². The molecule has 0 fully saturated rings. The second-order valence-electron chi connectivity index (χ2n) is 6.99. The highest BCUT2D eigenvalue weighted by Crippen LogP contribution is 2.36. The van der Waals surface area contributed by atoms with E-state index in [1.165, 1.54) is 12.5 Å². The van der Waals surface area contributed by atoms with Gasteiger partial charge in [0.25, 0.3) is 0 Å². The Kier molecular flexibility index (Phi) is 6.98. The van der Waals surface area contributed by atoms with Crippen LogP contribution >= 0.6 is 7.82 Å². The molecule has 0 heterocycles. The van der Waals surface area contributed by atoms with Crippen LogP contribution in [0.2, 0.25) is 0 Å². The highest BCUT2D eigenvalue weighted by Gasteiger charge is 2.32. The molecule has 8 nitrogen and oxygen atoms in total. The van der Waals surface area contributed by atoms with E-state index in [4.69, 9.17) is 20.3 Å². The zero-order valence-corrected chi connectivity index (χ0v) is 16.8. The molecule has 0 aliphatic carbocycles. The Labute approximate surface area is 163 Å². The van der Waals surface area contributed by atoms with E-state index in [2.05, 4.69) is 23.7 Å². The number of nitrogens with one attached hydrogen (secondary N) is 1. The maximum absolute atomic E-state index is 12.2. The van der Waals surface area contributed by atoms with Crippen molar-refractivity contribution in [3.63, 3.8) is 0 Å². The molecule has 0 aromatic heterocycles. The first kappa shape index (κ1) is 22.1. The van der Waals surface area contributed by atoms with E-state index in [-0.39, 0.29) is 0 Å². The lowest BCUT2D eigenvalue weighted by Gasteiger charge is -2.23. The number of carbonyl (C=O) groups is 1. The predicted molar refractivity (Wildman–Crippen MR) is 106 cm³/mol. The molecule has 0 saturated carbocycles. The molecule has 28 heavy (non-hydrogen) atoms. The Morgan fingerprint density at radius 3 is 2.39 bits per heavy atom. The predicted octanol–water partition coefficient (Wildman–Crippen LogP) is 3.37. The minimum Gasteiger partial charge on any atom is -0.457 e. The SMILES string of the molecule is CC(C)c1cccc(Oc2ccc(NC(=O)[C@@](C)(N)COP(=O)(O)O)cc2)c1. The summed E-state index contributed by atoms with van der Waals surface area (Å²) < 4.78 is 20.9. The van der Waals surface area contributed by atoms with Crippen LogP contribution in [0.5, 0.6) is 11.5 Å². The molecule has 0 unspecified atom stereocenters. The van der Waals surface area contributed by atoms with Crippen LogP contribution in [0.3, 0.4) is 0 Å². The third-order valence-corrected chi connectivity index (χ3v) is 4.39. The lowest BCUT2D eigenvalue weighted by Crippen LogP contribution is -2.52. The van der Waals surface area contributed by atoms with Crippen molar-refractivity contribution in [2.75, 3.05) is 11.9 Å². The minimum absolute atomic E-state index is 0.390. The molecule has 0 aliphatic heterocycles. The molecule has 2 aromatic carbocycles. The number of rotatable bonds is 8. The monoisotopic (exact) mass is 408 g/mol. The van der Waals surface area contributed by atoms with Crippen LogP contribution in [0.25, 0.3) is 0 Å². The smallest absolute Gasteiger partial charge is 0.457 e. The number of phosphoric acid groups is 1. The number of ether oxygens (including phenoxy) is 1. The molecular weight excluding hydrogens is 383 g/mol. The first-order chi connectivity index (χ1) is 13.0. The number of amides is 1. The topological polar surface area (TPSA) is 131 Å². The zero-order chi connectivity index (χ0) is 20.9. The van der Waals surface area contributed by atoms with Gasteiger partial charge in [0.15, 0.2) is 0 Å². The summed E-state index contributed by atoms with van der Waals surface area (Å²) in [5.74, 6) is 1.06. The molecule has 5 N–H and O–H groups in total. The van der Waals surface area contributed by atoms with Crippen LogP contribution in [-0.4, -0.2) is 27.8 Å². The van der Waals surface area contributed by atoms with Gasteiger partial charge in [0.1, 0.15) is 17.0 Å². The van der Waals surface area contributed by atoms with Crippen LogP contribution in [0, 0.1) is 0 Å². The summed E-state index contributed by atoms with van der Waals surface area (Å²) in [6.45, 7) is 4.90. The van der Waals surface area contributed by atoms with Crippen LogP contribution in [0.15, 0.2) is 48.5 Å². The average molecular weight is 408 g/mol. The molecule has 0 saturated heterocycles. The summed E-state index contributed by atoms with van der Waals surface area (Å²) in [7, 11) is -4.71. The van der Waals surface area contributed by atoms with E-state index >= 15 is 0 Å². The van der Waals surface area contributed by atoms with Crippen LogP contribution in [0.4, 0.5) is 5.69 Å². The fraction of sp³-hybridized carbons (Fsp3) is 0.316. The summed E-state index contributed by atoms with van der Waals surface area (Å²) in [4.78, 5) is 29.7. The van der Waals surface area contributed by atoms with Crippen molar-refractivity contribution in [3.05, 3.63) is 54.1 Å². The molecule has 2 rings (SSSR count). The van der Waals surface area contributed by atoms with Crippen molar-refractivity contribution in [2.24, 2.45) is 5.73 Å². The van der Waals surface area contributed by atoms with Crippen molar-refractivity contribution in [1.29, 1.82) is 0 Å². The fourth-order valence-electron chi connectivity index (χ4n) is 2.24. The standard InChI is InChI=1S/C19H25N2O6P/c1-13(2)14-5-4-6-17(11-14)27-16-9-7-15(8-10-16)21-18(22)19(3,20)12-26-28(23,24)25/h4-11,13H,12,20H2,1-3H3,(H,21,22)(H2,23,24,25)/t19-/m0/s1. The first-order valence-electron chi connectivity index (χ1n) is 8.64. The van der Waals surface area contributed by atoms with E-state index in [0.29, 0.717) is 23.1 Å². The van der Waals surface area contributed by atoms with Crippen molar-refractivity contribution in [2.45, 2.75) is 32.2 Å². The lowest BCUT2D eigenvalue weighted by atomic mass is 10.0. The molecule has 0 aliphatic rings. The Bertz CT molecular complexity index is 861. The molecule has 152 valence electrons. The van der Waals surface area contributed by atoms with Crippen molar-refractivity contribution < 1.29 is 28.4 Å². The van der Waals surface area contributed by atoms with Gasteiger partial charge in [-0.05, 0) is 54.8 Å². The lowest BCUT2D eigenvalue weighted by molar-refractivity contribution is -0.121. The van der Waals surface area contributed by atoms with Gasteiger partial charge in [-0.1, -0.05) is 26.0 Å². The van der Waals surface area contributed by atoms with Gasteiger partial charge in [0, 0.05) is 5.69 Å². The van der Waals surface area contributed by atoms with Gasteiger partial charge in [-0.25, -0.2) is 4.57 Å². The van der Waals surface area contributed by atoms with Gasteiger partial charge in [-0.15, -0.1) is 0 Å². The summed E-state index contributed by atoms with van der Waals surface area (Å²) >= 11 is 0. The summed E-state index contributed by atoms with van der Waals surface area (Å²) in [6, 6.07) is 14.5. The van der Waals surface area contributed by atoms with Crippen molar-refractivity contribution >= 4 is 19.4 Å². The summed E-state index contributed by atoms with van der Waals surface area (Å²) in [5.41, 5.74) is 5.79. The largest absolute Gasteiger partial charge is 0.469 e. The number of hydrogen-bond acceptors (Lipinski definition) is 5. The number of nitrogens with two attached hydrogens (primary N) is 1. The number of carbonyl (C=O) groups excluding carboxylic acids is 1. The molecule has 1 amide bonds. The molecule has 0 radical (unpaired) electrons. The van der Waals surface area contributed by atoms with Crippen LogP contribution in [-0.2, 0) is 13.9 Å². The molecule has 2 aromatic rings. The summed E-state index contributed by atoms with van der Waals surface area (Å²) in [5, 5.41) is 2.58. The second-order valence-corrected chi connectivity index (χ2v) is 8.23. The zero-order valence-electron chi connectivity index (χ0n) is 16.0. The van der Waals surface area contributed by atoms with Crippen LogP contribution < -0.4 is 15.8 Å². The van der Waals surface area contributed by atoms with Gasteiger partial charge < -0.3 is 25.6 Å². The maximum atomic E-state index is 12.2. The normalized spacial score (nSPS) is 13.8. The highest BCUT2D eigenvalue weighted by atomic mass is 31.2. The number of hydrogen-bond donors (Lipinski definition) is 4. The number of phosphoric ester groups is 1. The third-order valence-electron chi connectivity index (χ3n) is 3.92. The molecule has 9 heteroatoms. The van der Waals surface area contributed by atoms with E-state index in [0.717, 1.165) is 0 Å². The molecule has 0 bridgehead atoms. The Hall–Kier alpha value is -2.22. The second kappa shape index (κ2) is 8.86. The average Bonchev–Trinajstić information content (AvgIpc) is 2.61. The van der Waals surface area contributed by atoms with E-state index in [9.17, 15) is 9.36 Å². The number of benzene rings is 2. The third kappa shape index (κ3) is 6.74. The molecular formula is C19H25N2O6P. The minimum atomic E-state index is -4.71. The van der Waals surface area contributed by atoms with Gasteiger partial charge in [-0.3, -0.25) is 9.32 Å². The summed E-state index contributed by atoms with van der Waals surface area (Å²) in [6.07, 6.45) is 0. The Balaban J connectivity index is 1.99. The van der Waals surface area contributed by atoms with Crippen LogP contribution in [0.1, 0.15) is 32.3 Å². The van der Waals surface area contributed by atoms with Gasteiger partial charge >= 0.3 is 7.82 Å². The fourth-order valence-corrected chi connectivity index (χ4v) is 2.67. The van der Waals surface area contributed by atoms with Crippen molar-refractivity contribution in [3.8, 4) is 11.5 Å². The van der Waals surface area contributed by atoms with Crippen molar-refractivity contribution in [1.82, 2.24) is 0 Å². The first-order valence-corrected chi connectivity index (χ1v) is 10.2. The number of anilines is 1.